The van der Waals surface area contributed by atoms with Crippen molar-refractivity contribution in [2.24, 2.45) is 0 Å². The minimum atomic E-state index is -2.67. The standard InChI is InChI=1S/C8H9O4P/c1-11-13(10)12-8(9)7-5-3-2-4-6-7/h2-6,13H,1H3. The Balaban J connectivity index is 2.65. The molecule has 5 heteroatoms. The van der Waals surface area contributed by atoms with Crippen LogP contribution in [0.15, 0.2) is 30.3 Å². The fourth-order valence-electron chi connectivity index (χ4n) is 0.751. The molecule has 1 unspecified atom stereocenters. The van der Waals surface area contributed by atoms with Gasteiger partial charge in [0.15, 0.2) is 0 Å². The summed E-state index contributed by atoms with van der Waals surface area (Å²) < 4.78 is 19.5. The minimum absolute atomic E-state index is 0.359. The van der Waals surface area contributed by atoms with Gasteiger partial charge in [0.1, 0.15) is 0 Å². The molecule has 0 bridgehead atoms. The Labute approximate surface area is 76.4 Å². The smallest absolute Gasteiger partial charge is 0.369 e. The highest BCUT2D eigenvalue weighted by Gasteiger charge is 2.08. The summed E-state index contributed by atoms with van der Waals surface area (Å²) in [7, 11) is -1.45. The van der Waals surface area contributed by atoms with Crippen LogP contribution in [0.2, 0.25) is 0 Å². The second-order valence-corrected chi connectivity index (χ2v) is 3.32. The molecule has 0 aromatic heterocycles. The lowest BCUT2D eigenvalue weighted by Gasteiger charge is -2.01. The van der Waals surface area contributed by atoms with Gasteiger partial charge in [0.25, 0.3) is 0 Å². The third kappa shape index (κ3) is 3.01. The van der Waals surface area contributed by atoms with Crippen molar-refractivity contribution in [1.82, 2.24) is 0 Å². The van der Waals surface area contributed by atoms with Crippen molar-refractivity contribution in [3.63, 3.8) is 0 Å². The van der Waals surface area contributed by atoms with Gasteiger partial charge >= 0.3 is 14.2 Å². The molecule has 0 saturated carbocycles. The monoisotopic (exact) mass is 200 g/mol. The van der Waals surface area contributed by atoms with E-state index >= 15 is 0 Å². The average Bonchev–Trinajstić information content (AvgIpc) is 2.19. The maximum absolute atomic E-state index is 11.1. The molecule has 0 aliphatic rings. The highest BCUT2D eigenvalue weighted by molar-refractivity contribution is 7.34. The minimum Gasteiger partial charge on any atom is -0.390 e. The largest absolute Gasteiger partial charge is 0.390 e. The van der Waals surface area contributed by atoms with Crippen LogP contribution in [0.3, 0.4) is 0 Å². The van der Waals surface area contributed by atoms with Gasteiger partial charge in [0, 0.05) is 7.11 Å². The van der Waals surface area contributed by atoms with Gasteiger partial charge in [-0.05, 0) is 12.1 Å². The van der Waals surface area contributed by atoms with E-state index in [2.05, 4.69) is 9.05 Å². The van der Waals surface area contributed by atoms with E-state index in [0.717, 1.165) is 0 Å². The van der Waals surface area contributed by atoms with Gasteiger partial charge < -0.3 is 9.05 Å². The highest BCUT2D eigenvalue weighted by Crippen LogP contribution is 2.23. The molecule has 0 radical (unpaired) electrons. The van der Waals surface area contributed by atoms with E-state index in [1.54, 1.807) is 30.3 Å². The highest BCUT2D eigenvalue weighted by atomic mass is 31.1. The van der Waals surface area contributed by atoms with E-state index in [1.165, 1.54) is 7.11 Å². The third-order valence-corrected chi connectivity index (χ3v) is 2.04. The molecular formula is C8H9O4P. The molecular weight excluding hydrogens is 191 g/mol. The van der Waals surface area contributed by atoms with E-state index < -0.39 is 14.2 Å². The van der Waals surface area contributed by atoms with Crippen LogP contribution in [-0.4, -0.2) is 13.1 Å². The number of hydrogen-bond acceptors (Lipinski definition) is 4. The van der Waals surface area contributed by atoms with Gasteiger partial charge in [0.2, 0.25) is 0 Å². The molecule has 0 aliphatic carbocycles. The SMILES string of the molecule is CO[PH](=O)OC(=O)c1ccccc1. The number of carbonyl (C=O) groups excluding carboxylic acids is 1. The van der Waals surface area contributed by atoms with Crippen molar-refractivity contribution in [1.29, 1.82) is 0 Å². The Bertz CT molecular complexity index is 309. The average molecular weight is 200 g/mol. The Morgan fingerprint density at radius 2 is 1.92 bits per heavy atom. The topological polar surface area (TPSA) is 52.6 Å². The Kier molecular flexibility index (Phi) is 3.68. The molecule has 0 fully saturated rings. The molecule has 0 heterocycles. The van der Waals surface area contributed by atoms with Crippen LogP contribution in [0.25, 0.3) is 0 Å². The van der Waals surface area contributed by atoms with Gasteiger partial charge in [-0.2, -0.15) is 0 Å². The zero-order valence-corrected chi connectivity index (χ0v) is 8.02. The molecule has 0 spiro atoms. The van der Waals surface area contributed by atoms with E-state index in [1.807, 2.05) is 0 Å². The molecule has 1 rings (SSSR count). The number of rotatable bonds is 3. The molecule has 1 aromatic rings. The molecule has 13 heavy (non-hydrogen) atoms. The summed E-state index contributed by atoms with van der Waals surface area (Å²) in [5.74, 6) is -0.633. The van der Waals surface area contributed by atoms with Crippen LogP contribution in [0.5, 0.6) is 0 Å². The summed E-state index contributed by atoms with van der Waals surface area (Å²) in [6.45, 7) is 0. The van der Waals surface area contributed by atoms with Crippen LogP contribution < -0.4 is 0 Å². The van der Waals surface area contributed by atoms with E-state index in [9.17, 15) is 9.36 Å². The molecule has 1 atom stereocenters. The lowest BCUT2D eigenvalue weighted by atomic mass is 10.2. The van der Waals surface area contributed by atoms with Crippen molar-refractivity contribution >= 4 is 14.2 Å². The van der Waals surface area contributed by atoms with Gasteiger partial charge in [-0.15, -0.1) is 0 Å². The van der Waals surface area contributed by atoms with Crippen molar-refractivity contribution in [3.05, 3.63) is 35.9 Å². The maximum Gasteiger partial charge on any atom is 0.369 e. The summed E-state index contributed by atoms with van der Waals surface area (Å²) in [4.78, 5) is 11.1. The molecule has 4 nitrogen and oxygen atoms in total. The zero-order chi connectivity index (χ0) is 9.68. The first-order chi connectivity index (χ1) is 6.24. The van der Waals surface area contributed by atoms with E-state index in [4.69, 9.17) is 0 Å². The molecule has 0 amide bonds. The van der Waals surface area contributed by atoms with Crippen LogP contribution in [0.4, 0.5) is 0 Å². The Hall–Kier alpha value is -1.12. The van der Waals surface area contributed by atoms with Crippen molar-refractivity contribution in [3.8, 4) is 0 Å². The summed E-state index contributed by atoms with van der Waals surface area (Å²) in [6, 6.07) is 8.32. The van der Waals surface area contributed by atoms with Crippen LogP contribution >= 0.6 is 8.25 Å². The van der Waals surface area contributed by atoms with Gasteiger partial charge in [0.05, 0.1) is 5.56 Å². The molecule has 70 valence electrons. The molecule has 0 saturated heterocycles. The maximum atomic E-state index is 11.1. The fraction of sp³-hybridized carbons (Fsp3) is 0.125. The van der Waals surface area contributed by atoms with Crippen LogP contribution in [0.1, 0.15) is 10.4 Å². The normalized spacial score (nSPS) is 12.1. The summed E-state index contributed by atoms with van der Waals surface area (Å²) in [6.07, 6.45) is 0. The van der Waals surface area contributed by atoms with Gasteiger partial charge in [-0.25, -0.2) is 9.36 Å². The first-order valence-corrected chi connectivity index (χ1v) is 4.81. The number of benzene rings is 1. The fourth-order valence-corrected chi connectivity index (χ4v) is 1.10. The number of hydrogen-bond donors (Lipinski definition) is 0. The first kappa shape index (κ1) is 9.96. The summed E-state index contributed by atoms with van der Waals surface area (Å²) in [5.41, 5.74) is 0.359. The van der Waals surface area contributed by atoms with Crippen molar-refractivity contribution in [2.75, 3.05) is 7.11 Å². The predicted molar refractivity (Wildman–Crippen MR) is 47.9 cm³/mol. The van der Waals surface area contributed by atoms with Crippen molar-refractivity contribution < 1.29 is 18.4 Å². The Morgan fingerprint density at radius 1 is 1.31 bits per heavy atom. The number of carbonyl (C=O) groups is 1. The predicted octanol–water partition coefficient (Wildman–Crippen LogP) is 1.88. The van der Waals surface area contributed by atoms with Crippen LogP contribution in [0, 0.1) is 0 Å². The second kappa shape index (κ2) is 4.80. The zero-order valence-electron chi connectivity index (χ0n) is 7.02. The van der Waals surface area contributed by atoms with Gasteiger partial charge in [-0.3, -0.25) is 0 Å². The molecule has 1 aromatic carbocycles. The first-order valence-electron chi connectivity index (χ1n) is 3.59. The lowest BCUT2D eigenvalue weighted by molar-refractivity contribution is 0.0724. The third-order valence-electron chi connectivity index (χ3n) is 1.35. The Morgan fingerprint density at radius 3 is 2.46 bits per heavy atom. The van der Waals surface area contributed by atoms with Crippen LogP contribution in [-0.2, 0) is 13.6 Å². The molecule has 0 aliphatic heterocycles. The van der Waals surface area contributed by atoms with E-state index in [-0.39, 0.29) is 0 Å². The lowest BCUT2D eigenvalue weighted by Crippen LogP contribution is -1.99. The second-order valence-electron chi connectivity index (χ2n) is 2.21. The van der Waals surface area contributed by atoms with Crippen molar-refractivity contribution in [2.45, 2.75) is 0 Å². The quantitative estimate of drug-likeness (QED) is 0.699. The van der Waals surface area contributed by atoms with Gasteiger partial charge in [-0.1, -0.05) is 18.2 Å². The summed E-state index contributed by atoms with van der Waals surface area (Å²) in [5, 5.41) is 0. The van der Waals surface area contributed by atoms with E-state index in [0.29, 0.717) is 5.56 Å². The molecule has 0 N–H and O–H groups in total. The summed E-state index contributed by atoms with van der Waals surface area (Å²) >= 11 is 0.